The molecule has 7 heteroatoms. The highest BCUT2D eigenvalue weighted by atomic mass is 32.2. The average Bonchev–Trinajstić information content (AvgIpc) is 2.82. The summed E-state index contributed by atoms with van der Waals surface area (Å²) < 4.78 is 27.5. The third-order valence-corrected chi connectivity index (χ3v) is 5.85. The van der Waals surface area contributed by atoms with E-state index in [1.807, 2.05) is 6.92 Å². The Bertz CT molecular complexity index is 417. The van der Waals surface area contributed by atoms with E-state index in [2.05, 4.69) is 0 Å². The molecule has 0 radical (unpaired) electrons. The van der Waals surface area contributed by atoms with Gasteiger partial charge in [0.15, 0.2) is 0 Å². The second-order valence-electron chi connectivity index (χ2n) is 5.13. The van der Waals surface area contributed by atoms with Gasteiger partial charge in [0.1, 0.15) is 6.04 Å². The molecule has 2 aliphatic heterocycles. The van der Waals surface area contributed by atoms with Crippen molar-refractivity contribution < 1.29 is 18.3 Å². The van der Waals surface area contributed by atoms with Crippen molar-refractivity contribution in [1.29, 1.82) is 0 Å². The summed E-state index contributed by atoms with van der Waals surface area (Å²) in [4.78, 5) is 11.3. The molecule has 2 aliphatic rings. The lowest BCUT2D eigenvalue weighted by Crippen LogP contribution is -2.55. The molecule has 6 nitrogen and oxygen atoms in total. The number of piperidine rings is 1. The van der Waals surface area contributed by atoms with Gasteiger partial charge in [-0.1, -0.05) is 6.92 Å². The zero-order valence-electron chi connectivity index (χ0n) is 10.6. The molecule has 0 aromatic heterocycles. The molecule has 0 aromatic rings. The van der Waals surface area contributed by atoms with Gasteiger partial charge in [0.2, 0.25) is 0 Å². The van der Waals surface area contributed by atoms with Gasteiger partial charge in [-0.2, -0.15) is 17.0 Å². The van der Waals surface area contributed by atoms with Crippen LogP contribution in [-0.4, -0.2) is 53.8 Å². The second kappa shape index (κ2) is 5.14. The molecule has 18 heavy (non-hydrogen) atoms. The highest BCUT2D eigenvalue weighted by molar-refractivity contribution is 7.86. The number of nitrogens with zero attached hydrogens (tertiary/aromatic N) is 2. The Morgan fingerprint density at radius 2 is 1.78 bits per heavy atom. The molecule has 2 rings (SSSR count). The first-order valence-electron chi connectivity index (χ1n) is 6.44. The van der Waals surface area contributed by atoms with Gasteiger partial charge >= 0.3 is 5.97 Å². The van der Waals surface area contributed by atoms with E-state index in [1.54, 1.807) is 0 Å². The molecule has 0 saturated carbocycles. The number of hydrogen-bond acceptors (Lipinski definition) is 3. The van der Waals surface area contributed by atoms with Crippen LogP contribution in [0.3, 0.4) is 0 Å². The summed E-state index contributed by atoms with van der Waals surface area (Å²) in [7, 11) is -3.60. The van der Waals surface area contributed by atoms with E-state index in [1.165, 1.54) is 8.61 Å². The minimum Gasteiger partial charge on any atom is -0.480 e. The van der Waals surface area contributed by atoms with Crippen LogP contribution in [0.25, 0.3) is 0 Å². The zero-order valence-corrected chi connectivity index (χ0v) is 11.4. The van der Waals surface area contributed by atoms with Gasteiger partial charge in [-0.25, -0.2) is 0 Å². The molecule has 0 aliphatic carbocycles. The van der Waals surface area contributed by atoms with Gasteiger partial charge in [-0.15, -0.1) is 0 Å². The minimum atomic E-state index is -3.60. The molecule has 0 spiro atoms. The van der Waals surface area contributed by atoms with Gasteiger partial charge < -0.3 is 5.11 Å². The van der Waals surface area contributed by atoms with E-state index in [0.29, 0.717) is 19.6 Å². The van der Waals surface area contributed by atoms with Crippen LogP contribution in [0.4, 0.5) is 0 Å². The predicted octanol–water partition coefficient (Wildman–Crippen LogP) is 0.512. The van der Waals surface area contributed by atoms with Crippen molar-refractivity contribution in [3.05, 3.63) is 0 Å². The molecule has 104 valence electrons. The lowest BCUT2D eigenvalue weighted by molar-refractivity contribution is -0.144. The SMILES string of the molecule is CC1CCCN(S(=O)(=O)N2CCCC2)C1C(=O)O. The maximum absolute atomic E-state index is 12.4. The Balaban J connectivity index is 2.26. The number of rotatable bonds is 3. The first-order valence-corrected chi connectivity index (χ1v) is 7.84. The van der Waals surface area contributed by atoms with Crippen LogP contribution >= 0.6 is 0 Å². The average molecular weight is 276 g/mol. The standard InChI is InChI=1S/C11H20N2O4S/c1-9-5-4-8-13(10(9)11(14)15)18(16,17)12-6-2-3-7-12/h9-10H,2-8H2,1H3,(H,14,15). The summed E-state index contributed by atoms with van der Waals surface area (Å²) in [5.74, 6) is -1.17. The lowest BCUT2D eigenvalue weighted by atomic mass is 9.93. The first kappa shape index (κ1) is 13.8. The Labute approximate surface area is 108 Å². The molecule has 2 atom stereocenters. The number of aliphatic carboxylic acids is 1. The van der Waals surface area contributed by atoms with Crippen LogP contribution in [-0.2, 0) is 15.0 Å². The van der Waals surface area contributed by atoms with Crippen molar-refractivity contribution in [3.8, 4) is 0 Å². The summed E-state index contributed by atoms with van der Waals surface area (Å²) in [6.07, 6.45) is 3.22. The fourth-order valence-corrected chi connectivity index (χ4v) is 4.80. The van der Waals surface area contributed by atoms with Crippen LogP contribution in [0.15, 0.2) is 0 Å². The summed E-state index contributed by atoms with van der Waals surface area (Å²) in [6, 6.07) is -0.913. The topological polar surface area (TPSA) is 77.9 Å². The van der Waals surface area contributed by atoms with Gasteiger partial charge in [-0.3, -0.25) is 4.79 Å². The Hall–Kier alpha value is -0.660. The van der Waals surface area contributed by atoms with Gasteiger partial charge in [-0.05, 0) is 31.6 Å². The highest BCUT2D eigenvalue weighted by Crippen LogP contribution is 2.28. The molecule has 1 N–H and O–H groups in total. The monoisotopic (exact) mass is 276 g/mol. The van der Waals surface area contributed by atoms with Crippen molar-refractivity contribution in [1.82, 2.24) is 8.61 Å². The maximum Gasteiger partial charge on any atom is 0.322 e. The maximum atomic E-state index is 12.4. The van der Waals surface area contributed by atoms with Crippen molar-refractivity contribution >= 4 is 16.2 Å². The molecule has 0 aromatic carbocycles. The van der Waals surface area contributed by atoms with Crippen molar-refractivity contribution in [2.75, 3.05) is 19.6 Å². The zero-order chi connectivity index (χ0) is 13.3. The summed E-state index contributed by atoms with van der Waals surface area (Å²) in [5, 5.41) is 9.26. The minimum absolute atomic E-state index is 0.131. The molecule has 0 bridgehead atoms. The largest absolute Gasteiger partial charge is 0.480 e. The highest BCUT2D eigenvalue weighted by Gasteiger charge is 2.43. The first-order chi connectivity index (χ1) is 8.44. The van der Waals surface area contributed by atoms with Crippen LogP contribution in [0.5, 0.6) is 0 Å². The number of carboxylic acids is 1. The van der Waals surface area contributed by atoms with Gasteiger partial charge in [0.25, 0.3) is 10.2 Å². The fraction of sp³-hybridized carbons (Fsp3) is 0.909. The van der Waals surface area contributed by atoms with Gasteiger partial charge in [0, 0.05) is 19.6 Å². The predicted molar refractivity (Wildman–Crippen MR) is 66.3 cm³/mol. The Morgan fingerprint density at radius 3 is 2.33 bits per heavy atom. The summed E-state index contributed by atoms with van der Waals surface area (Å²) in [5.41, 5.74) is 0. The fourth-order valence-electron chi connectivity index (χ4n) is 2.84. The second-order valence-corrected chi connectivity index (χ2v) is 7.01. The van der Waals surface area contributed by atoms with E-state index >= 15 is 0 Å². The van der Waals surface area contributed by atoms with E-state index in [9.17, 15) is 18.3 Å². The number of hydrogen-bond donors (Lipinski definition) is 1. The lowest BCUT2D eigenvalue weighted by Gasteiger charge is -2.38. The van der Waals surface area contributed by atoms with E-state index < -0.39 is 22.2 Å². The third kappa shape index (κ3) is 2.39. The van der Waals surface area contributed by atoms with Crippen LogP contribution < -0.4 is 0 Å². The quantitative estimate of drug-likeness (QED) is 0.815. The van der Waals surface area contributed by atoms with Crippen molar-refractivity contribution in [2.45, 2.75) is 38.6 Å². The normalized spacial score (nSPS) is 31.6. The molecule has 2 heterocycles. The van der Waals surface area contributed by atoms with Crippen LogP contribution in [0, 0.1) is 5.92 Å². The van der Waals surface area contributed by atoms with Crippen LogP contribution in [0.1, 0.15) is 32.6 Å². The molecule has 2 fully saturated rings. The molecular formula is C11H20N2O4S. The number of carbonyl (C=O) groups is 1. The summed E-state index contributed by atoms with van der Waals surface area (Å²) in [6.45, 7) is 3.16. The molecule has 2 unspecified atom stereocenters. The molecule has 2 saturated heterocycles. The van der Waals surface area contributed by atoms with Crippen molar-refractivity contribution in [3.63, 3.8) is 0 Å². The Kier molecular flexibility index (Phi) is 3.93. The van der Waals surface area contributed by atoms with E-state index in [4.69, 9.17) is 0 Å². The molecule has 0 amide bonds. The summed E-state index contributed by atoms with van der Waals surface area (Å²) >= 11 is 0. The third-order valence-electron chi connectivity index (χ3n) is 3.83. The van der Waals surface area contributed by atoms with E-state index in [0.717, 1.165) is 25.7 Å². The number of carboxylic acid groups (broad SMARTS) is 1. The van der Waals surface area contributed by atoms with Crippen LogP contribution in [0.2, 0.25) is 0 Å². The van der Waals surface area contributed by atoms with E-state index in [-0.39, 0.29) is 5.92 Å². The van der Waals surface area contributed by atoms with Crippen molar-refractivity contribution in [2.24, 2.45) is 5.92 Å². The Morgan fingerprint density at radius 1 is 1.17 bits per heavy atom. The smallest absolute Gasteiger partial charge is 0.322 e. The van der Waals surface area contributed by atoms with Gasteiger partial charge in [0.05, 0.1) is 0 Å². The molecular weight excluding hydrogens is 256 g/mol.